The van der Waals surface area contributed by atoms with Crippen LogP contribution in [0, 0.1) is 18.6 Å². The summed E-state index contributed by atoms with van der Waals surface area (Å²) in [6, 6.07) is 1.80. The Kier molecular flexibility index (Phi) is 3.73. The third kappa shape index (κ3) is 2.49. The van der Waals surface area contributed by atoms with Crippen molar-refractivity contribution < 1.29 is 18.7 Å². The van der Waals surface area contributed by atoms with Crippen molar-refractivity contribution in [2.24, 2.45) is 0 Å². The zero-order chi connectivity index (χ0) is 14.9. The lowest BCUT2D eigenvalue weighted by atomic mass is 10.1. The Morgan fingerprint density at radius 2 is 2.15 bits per heavy atom. The van der Waals surface area contributed by atoms with Gasteiger partial charge in [-0.3, -0.25) is 4.79 Å². The van der Waals surface area contributed by atoms with E-state index in [0.29, 0.717) is 0 Å². The molecule has 106 valence electrons. The summed E-state index contributed by atoms with van der Waals surface area (Å²) < 4.78 is 29.0. The molecule has 20 heavy (non-hydrogen) atoms. The van der Waals surface area contributed by atoms with Gasteiger partial charge in [0.25, 0.3) is 0 Å². The molecule has 1 atom stereocenters. The second-order valence-electron chi connectivity index (χ2n) is 4.45. The Bertz CT molecular complexity index is 657. The zero-order valence-electron chi connectivity index (χ0n) is 10.8. The molecular weight excluding hydrogens is 270 g/mol. The van der Waals surface area contributed by atoms with Crippen molar-refractivity contribution in [3.05, 3.63) is 29.3 Å². The largest absolute Gasteiger partial charge is 0.481 e. The maximum Gasteiger partial charge on any atom is 0.305 e. The second-order valence-corrected chi connectivity index (χ2v) is 4.45. The van der Waals surface area contributed by atoms with Gasteiger partial charge in [-0.1, -0.05) is 6.07 Å². The molecule has 0 saturated carbocycles. The number of nitrogens with zero attached hydrogens (tertiary/aromatic N) is 4. The first kappa shape index (κ1) is 14.0. The number of carboxylic acids is 1. The SMILES string of the molecule is Cc1ccc(F)c(-c2nnnn2C(C)CC(=O)O)c1F. The summed E-state index contributed by atoms with van der Waals surface area (Å²) in [6.45, 7) is 3.05. The van der Waals surface area contributed by atoms with E-state index in [1.807, 2.05) is 0 Å². The van der Waals surface area contributed by atoms with Crippen molar-refractivity contribution in [3.63, 3.8) is 0 Å². The number of hydrogen-bond acceptors (Lipinski definition) is 4. The van der Waals surface area contributed by atoms with E-state index in [4.69, 9.17) is 5.11 Å². The second kappa shape index (κ2) is 5.32. The fourth-order valence-corrected chi connectivity index (χ4v) is 1.86. The molecule has 2 rings (SSSR count). The lowest BCUT2D eigenvalue weighted by molar-refractivity contribution is -0.137. The van der Waals surface area contributed by atoms with Crippen molar-refractivity contribution >= 4 is 5.97 Å². The number of hydrogen-bond donors (Lipinski definition) is 1. The molecule has 0 fully saturated rings. The predicted octanol–water partition coefficient (Wildman–Crippen LogP) is 1.96. The number of aryl methyl sites for hydroxylation is 1. The first-order chi connectivity index (χ1) is 9.41. The Labute approximate surface area is 113 Å². The van der Waals surface area contributed by atoms with Crippen LogP contribution in [0.25, 0.3) is 11.4 Å². The minimum Gasteiger partial charge on any atom is -0.481 e. The highest BCUT2D eigenvalue weighted by Gasteiger charge is 2.23. The van der Waals surface area contributed by atoms with Crippen molar-refractivity contribution in [1.82, 2.24) is 20.2 Å². The topological polar surface area (TPSA) is 80.9 Å². The summed E-state index contributed by atoms with van der Waals surface area (Å²) in [5, 5.41) is 19.4. The standard InChI is InChI=1S/C12H12F2N4O2/c1-6-3-4-8(13)10(11(6)14)12-15-16-17-18(12)7(2)5-9(19)20/h3-4,7H,5H2,1-2H3,(H,19,20). The molecule has 0 aliphatic rings. The van der Waals surface area contributed by atoms with Crippen molar-refractivity contribution in [1.29, 1.82) is 0 Å². The van der Waals surface area contributed by atoms with Gasteiger partial charge in [0.2, 0.25) is 0 Å². The molecule has 0 saturated heterocycles. The van der Waals surface area contributed by atoms with E-state index in [0.717, 1.165) is 10.7 Å². The first-order valence-corrected chi connectivity index (χ1v) is 5.86. The van der Waals surface area contributed by atoms with Gasteiger partial charge in [0.05, 0.1) is 18.0 Å². The van der Waals surface area contributed by atoms with Crippen LogP contribution in [0.3, 0.4) is 0 Å². The molecule has 1 N–H and O–H groups in total. The highest BCUT2D eigenvalue weighted by molar-refractivity contribution is 5.67. The maximum absolute atomic E-state index is 14.1. The summed E-state index contributed by atoms with van der Waals surface area (Å²) in [5.74, 6) is -2.74. The van der Waals surface area contributed by atoms with E-state index >= 15 is 0 Å². The Morgan fingerprint density at radius 1 is 1.45 bits per heavy atom. The van der Waals surface area contributed by atoms with Gasteiger partial charge in [0.15, 0.2) is 5.82 Å². The van der Waals surface area contributed by atoms with E-state index in [1.54, 1.807) is 6.92 Å². The number of carbonyl (C=O) groups is 1. The fourth-order valence-electron chi connectivity index (χ4n) is 1.86. The molecule has 0 aliphatic carbocycles. The van der Waals surface area contributed by atoms with Gasteiger partial charge in [-0.2, -0.15) is 0 Å². The lowest BCUT2D eigenvalue weighted by Gasteiger charge is -2.12. The monoisotopic (exact) mass is 282 g/mol. The number of rotatable bonds is 4. The molecule has 1 aromatic heterocycles. The molecule has 1 unspecified atom stereocenters. The summed E-state index contributed by atoms with van der Waals surface area (Å²) in [5.41, 5.74) is -0.103. The van der Waals surface area contributed by atoms with Crippen LogP contribution >= 0.6 is 0 Å². The Hall–Kier alpha value is -2.38. The van der Waals surface area contributed by atoms with Crippen LogP contribution in [0.5, 0.6) is 0 Å². The van der Waals surface area contributed by atoms with Gasteiger partial charge < -0.3 is 5.11 Å². The first-order valence-electron chi connectivity index (χ1n) is 5.86. The molecule has 8 heteroatoms. The lowest BCUT2D eigenvalue weighted by Crippen LogP contribution is -2.14. The van der Waals surface area contributed by atoms with E-state index < -0.39 is 23.6 Å². The summed E-state index contributed by atoms with van der Waals surface area (Å²) in [7, 11) is 0. The molecule has 0 bridgehead atoms. The highest BCUT2D eigenvalue weighted by atomic mass is 19.1. The van der Waals surface area contributed by atoms with E-state index in [-0.39, 0.29) is 23.4 Å². The van der Waals surface area contributed by atoms with Crippen molar-refractivity contribution in [2.75, 3.05) is 0 Å². The van der Waals surface area contributed by atoms with Gasteiger partial charge in [-0.05, 0) is 35.9 Å². The molecule has 0 aliphatic heterocycles. The van der Waals surface area contributed by atoms with Gasteiger partial charge in [0.1, 0.15) is 11.6 Å². The van der Waals surface area contributed by atoms with E-state index in [1.165, 1.54) is 13.0 Å². The highest BCUT2D eigenvalue weighted by Crippen LogP contribution is 2.27. The van der Waals surface area contributed by atoms with Crippen LogP contribution in [0.4, 0.5) is 8.78 Å². The minimum absolute atomic E-state index is 0.127. The molecule has 0 amide bonds. The molecule has 1 heterocycles. The number of aromatic nitrogens is 4. The average Bonchev–Trinajstić information content (AvgIpc) is 2.83. The van der Waals surface area contributed by atoms with Crippen molar-refractivity contribution in [2.45, 2.75) is 26.3 Å². The average molecular weight is 282 g/mol. The van der Waals surface area contributed by atoms with Crippen LogP contribution in [-0.4, -0.2) is 31.3 Å². The maximum atomic E-state index is 14.1. The summed E-state index contributed by atoms with van der Waals surface area (Å²) in [4.78, 5) is 10.7. The summed E-state index contributed by atoms with van der Waals surface area (Å²) in [6.07, 6.45) is -0.257. The van der Waals surface area contributed by atoms with Crippen molar-refractivity contribution in [3.8, 4) is 11.4 Å². The number of halogens is 2. The minimum atomic E-state index is -1.05. The third-order valence-corrected chi connectivity index (χ3v) is 2.89. The van der Waals surface area contributed by atoms with Crippen LogP contribution in [0.2, 0.25) is 0 Å². The van der Waals surface area contributed by atoms with E-state index in [2.05, 4.69) is 15.5 Å². The molecule has 1 aromatic carbocycles. The smallest absolute Gasteiger partial charge is 0.305 e. The molecule has 0 radical (unpaired) electrons. The number of aliphatic carboxylic acids is 1. The predicted molar refractivity (Wildman–Crippen MR) is 64.9 cm³/mol. The molecule has 2 aromatic rings. The van der Waals surface area contributed by atoms with Crippen LogP contribution in [0.1, 0.15) is 24.9 Å². The van der Waals surface area contributed by atoms with Crippen LogP contribution < -0.4 is 0 Å². The van der Waals surface area contributed by atoms with Gasteiger partial charge in [-0.25, -0.2) is 13.5 Å². The Morgan fingerprint density at radius 3 is 2.80 bits per heavy atom. The van der Waals surface area contributed by atoms with E-state index in [9.17, 15) is 13.6 Å². The molecule has 6 nitrogen and oxygen atoms in total. The molecule has 0 spiro atoms. The number of tetrazole rings is 1. The fraction of sp³-hybridized carbons (Fsp3) is 0.333. The summed E-state index contributed by atoms with van der Waals surface area (Å²) >= 11 is 0. The van der Waals surface area contributed by atoms with Crippen LogP contribution in [0.15, 0.2) is 12.1 Å². The molecular formula is C12H12F2N4O2. The normalized spacial score (nSPS) is 12.4. The van der Waals surface area contributed by atoms with Gasteiger partial charge in [0, 0.05) is 0 Å². The third-order valence-electron chi connectivity index (χ3n) is 2.89. The number of benzene rings is 1. The zero-order valence-corrected chi connectivity index (χ0v) is 10.8. The van der Waals surface area contributed by atoms with Gasteiger partial charge in [-0.15, -0.1) is 5.10 Å². The van der Waals surface area contributed by atoms with Crippen LogP contribution in [-0.2, 0) is 4.79 Å². The number of carboxylic acid groups (broad SMARTS) is 1. The van der Waals surface area contributed by atoms with Gasteiger partial charge >= 0.3 is 5.97 Å². The quantitative estimate of drug-likeness (QED) is 0.927. The Balaban J connectivity index is 2.53.